The van der Waals surface area contributed by atoms with Crippen molar-refractivity contribution in [1.82, 2.24) is 4.57 Å². The molecule has 52 heavy (non-hydrogen) atoms. The van der Waals surface area contributed by atoms with Gasteiger partial charge in [-0.2, -0.15) is 0 Å². The second kappa shape index (κ2) is 14.4. The smallest absolute Gasteiger partial charge is 0.0541 e. The van der Waals surface area contributed by atoms with Crippen LogP contribution in [0.15, 0.2) is 194 Å². The highest BCUT2D eigenvalue weighted by molar-refractivity contribution is 6.09. The van der Waals surface area contributed by atoms with Gasteiger partial charge in [0.2, 0.25) is 0 Å². The van der Waals surface area contributed by atoms with E-state index in [2.05, 4.69) is 219 Å². The standard InChI is InChI=1S/C37H27N.C14H14/c1-26-12-10-13-27(24-26)30-16-2-4-18-32(30)33-19-5-3-17-31(33)28-14-11-15-29(25-28)38-36-22-8-6-20-34(36)35-21-7-9-23-37(35)38;1-11-7-3-5-9-13(11)14-10-6-4-8-12(14)2/h2-25H,1H3;3-10H,1-2H3. The van der Waals surface area contributed by atoms with E-state index in [0.29, 0.717) is 0 Å². The third-order valence-electron chi connectivity index (χ3n) is 10.0. The van der Waals surface area contributed by atoms with E-state index in [9.17, 15) is 0 Å². The topological polar surface area (TPSA) is 4.93 Å². The largest absolute Gasteiger partial charge is 0.309 e. The zero-order valence-corrected chi connectivity index (χ0v) is 29.9. The summed E-state index contributed by atoms with van der Waals surface area (Å²) in [5, 5.41) is 2.56. The van der Waals surface area contributed by atoms with Gasteiger partial charge >= 0.3 is 0 Å². The molecule has 1 nitrogen and oxygen atoms in total. The van der Waals surface area contributed by atoms with Gasteiger partial charge in [-0.3, -0.25) is 0 Å². The molecule has 1 aromatic heterocycles. The molecule has 0 aliphatic carbocycles. The van der Waals surface area contributed by atoms with Crippen LogP contribution in [0.1, 0.15) is 16.7 Å². The number of nitrogens with zero attached hydrogens (tertiary/aromatic N) is 1. The molecular formula is C51H41N. The molecule has 0 aliphatic heterocycles. The minimum atomic E-state index is 1.17. The predicted octanol–water partition coefficient (Wildman–Crippen LogP) is 14.1. The van der Waals surface area contributed by atoms with Gasteiger partial charge in [-0.05, 0) is 101 Å². The van der Waals surface area contributed by atoms with E-state index >= 15 is 0 Å². The van der Waals surface area contributed by atoms with Crippen molar-refractivity contribution in [1.29, 1.82) is 0 Å². The van der Waals surface area contributed by atoms with Crippen molar-refractivity contribution in [2.24, 2.45) is 0 Å². The van der Waals surface area contributed by atoms with Gasteiger partial charge in [-0.15, -0.1) is 0 Å². The molecule has 1 heteroatoms. The Hall–Kier alpha value is -6.44. The van der Waals surface area contributed by atoms with E-state index in [1.165, 1.54) is 88.7 Å². The number of para-hydroxylation sites is 2. The molecule has 0 amide bonds. The van der Waals surface area contributed by atoms with Gasteiger partial charge in [-0.25, -0.2) is 0 Å². The highest BCUT2D eigenvalue weighted by atomic mass is 15.0. The summed E-state index contributed by atoms with van der Waals surface area (Å²) in [7, 11) is 0. The number of rotatable bonds is 5. The summed E-state index contributed by atoms with van der Waals surface area (Å²) in [5.41, 5.74) is 17.7. The summed E-state index contributed by atoms with van der Waals surface area (Å²) >= 11 is 0. The second-order valence-electron chi connectivity index (χ2n) is 13.5. The van der Waals surface area contributed by atoms with E-state index < -0.39 is 0 Å². The quantitative estimate of drug-likeness (QED) is 0.172. The Morgan fingerprint density at radius 2 is 0.712 bits per heavy atom. The maximum absolute atomic E-state index is 2.39. The van der Waals surface area contributed by atoms with Crippen molar-refractivity contribution < 1.29 is 0 Å². The lowest BCUT2D eigenvalue weighted by Gasteiger charge is -2.16. The summed E-state index contributed by atoms with van der Waals surface area (Å²) in [6.45, 7) is 6.46. The van der Waals surface area contributed by atoms with Crippen molar-refractivity contribution in [3.8, 4) is 50.2 Å². The van der Waals surface area contributed by atoms with E-state index in [1.54, 1.807) is 0 Å². The molecule has 1 heterocycles. The number of hydrogen-bond donors (Lipinski definition) is 0. The summed E-state index contributed by atoms with van der Waals surface area (Å²) in [6, 6.07) is 69.6. The van der Waals surface area contributed by atoms with Crippen LogP contribution in [-0.4, -0.2) is 4.57 Å². The van der Waals surface area contributed by atoms with Gasteiger partial charge < -0.3 is 4.57 Å². The van der Waals surface area contributed by atoms with Crippen LogP contribution >= 0.6 is 0 Å². The normalized spacial score (nSPS) is 11.0. The van der Waals surface area contributed by atoms with Crippen molar-refractivity contribution in [2.75, 3.05) is 0 Å². The van der Waals surface area contributed by atoms with Crippen molar-refractivity contribution in [2.45, 2.75) is 20.8 Å². The SMILES string of the molecule is Cc1cccc(-c2ccccc2-c2ccccc2-c2cccc(-n3c4ccccc4c4ccccc43)c2)c1.Cc1ccccc1-c1ccccc1C. The zero-order chi connectivity index (χ0) is 35.4. The van der Waals surface area contributed by atoms with Crippen molar-refractivity contribution in [3.63, 3.8) is 0 Å². The number of fused-ring (bicyclic) bond motifs is 3. The van der Waals surface area contributed by atoms with Crippen LogP contribution in [0.2, 0.25) is 0 Å². The molecule has 8 aromatic carbocycles. The van der Waals surface area contributed by atoms with Crippen LogP contribution in [0, 0.1) is 20.8 Å². The van der Waals surface area contributed by atoms with Crippen molar-refractivity contribution >= 4 is 21.8 Å². The van der Waals surface area contributed by atoms with Gasteiger partial charge in [0.1, 0.15) is 0 Å². The second-order valence-corrected chi connectivity index (χ2v) is 13.5. The van der Waals surface area contributed by atoms with E-state index in [4.69, 9.17) is 0 Å². The third-order valence-corrected chi connectivity index (χ3v) is 10.0. The Balaban J connectivity index is 0.000000232. The first kappa shape index (κ1) is 32.7. The average Bonchev–Trinajstić information content (AvgIpc) is 3.53. The lowest BCUT2D eigenvalue weighted by molar-refractivity contribution is 1.18. The van der Waals surface area contributed by atoms with E-state index in [1.807, 2.05) is 0 Å². The molecule has 9 rings (SSSR count). The summed E-state index contributed by atoms with van der Waals surface area (Å²) in [5.74, 6) is 0. The van der Waals surface area contributed by atoms with Gasteiger partial charge in [0, 0.05) is 16.5 Å². The van der Waals surface area contributed by atoms with Crippen LogP contribution < -0.4 is 0 Å². The molecule has 0 unspecified atom stereocenters. The fourth-order valence-corrected chi connectivity index (χ4v) is 7.52. The Bertz CT molecular complexity index is 2580. The Labute approximate surface area is 307 Å². The molecular weight excluding hydrogens is 627 g/mol. The summed E-state index contributed by atoms with van der Waals surface area (Å²) in [6.07, 6.45) is 0. The highest BCUT2D eigenvalue weighted by Gasteiger charge is 2.15. The van der Waals surface area contributed by atoms with Crippen LogP contribution in [0.4, 0.5) is 0 Å². The van der Waals surface area contributed by atoms with Gasteiger partial charge in [0.05, 0.1) is 11.0 Å². The minimum absolute atomic E-state index is 1.17. The summed E-state index contributed by atoms with van der Waals surface area (Å²) in [4.78, 5) is 0. The summed E-state index contributed by atoms with van der Waals surface area (Å²) < 4.78 is 2.39. The maximum atomic E-state index is 2.39. The number of aromatic nitrogens is 1. The Morgan fingerprint density at radius 1 is 0.308 bits per heavy atom. The lowest BCUT2D eigenvalue weighted by Crippen LogP contribution is -1.95. The predicted molar refractivity (Wildman–Crippen MR) is 223 cm³/mol. The molecule has 250 valence electrons. The Morgan fingerprint density at radius 3 is 1.21 bits per heavy atom. The van der Waals surface area contributed by atoms with E-state index in [0.717, 1.165) is 0 Å². The van der Waals surface area contributed by atoms with Crippen LogP contribution in [0.25, 0.3) is 72.0 Å². The third kappa shape index (κ3) is 6.34. The highest BCUT2D eigenvalue weighted by Crippen LogP contribution is 2.39. The van der Waals surface area contributed by atoms with E-state index in [-0.39, 0.29) is 0 Å². The molecule has 0 radical (unpaired) electrons. The minimum Gasteiger partial charge on any atom is -0.309 e. The molecule has 0 bridgehead atoms. The Kier molecular flexibility index (Phi) is 9.08. The zero-order valence-electron chi connectivity index (χ0n) is 29.9. The molecule has 0 saturated heterocycles. The number of benzene rings is 8. The fourth-order valence-electron chi connectivity index (χ4n) is 7.52. The first-order valence-corrected chi connectivity index (χ1v) is 18.0. The first-order valence-electron chi connectivity index (χ1n) is 18.0. The molecule has 0 atom stereocenters. The maximum Gasteiger partial charge on any atom is 0.0541 e. The van der Waals surface area contributed by atoms with Crippen LogP contribution in [0.5, 0.6) is 0 Å². The molecule has 0 spiro atoms. The lowest BCUT2D eigenvalue weighted by atomic mass is 9.89. The number of aryl methyl sites for hydroxylation is 3. The average molecular weight is 668 g/mol. The molecule has 0 saturated carbocycles. The molecule has 9 aromatic rings. The monoisotopic (exact) mass is 667 g/mol. The van der Waals surface area contributed by atoms with Crippen LogP contribution in [-0.2, 0) is 0 Å². The van der Waals surface area contributed by atoms with Crippen molar-refractivity contribution in [3.05, 3.63) is 211 Å². The van der Waals surface area contributed by atoms with Crippen LogP contribution in [0.3, 0.4) is 0 Å². The van der Waals surface area contributed by atoms with Gasteiger partial charge in [0.15, 0.2) is 0 Å². The first-order chi connectivity index (χ1) is 25.6. The fraction of sp³-hybridized carbons (Fsp3) is 0.0588. The van der Waals surface area contributed by atoms with Gasteiger partial charge in [-0.1, -0.05) is 175 Å². The molecule has 0 fully saturated rings. The molecule has 0 aliphatic rings. The number of hydrogen-bond acceptors (Lipinski definition) is 0. The molecule has 0 N–H and O–H groups in total. The van der Waals surface area contributed by atoms with Gasteiger partial charge in [0.25, 0.3) is 0 Å².